The summed E-state index contributed by atoms with van der Waals surface area (Å²) in [6.45, 7) is 2.12. The molecule has 0 aliphatic carbocycles. The Morgan fingerprint density at radius 2 is 2.40 bits per heavy atom. The zero-order valence-corrected chi connectivity index (χ0v) is 7.40. The van der Waals surface area contributed by atoms with Crippen LogP contribution in [0.4, 0.5) is 0 Å². The first kappa shape index (κ1) is 7.88. The number of thioether (sulfide) groups is 1. The summed E-state index contributed by atoms with van der Waals surface area (Å²) in [7, 11) is 3.93. The van der Waals surface area contributed by atoms with Crippen LogP contribution < -0.4 is 5.43 Å². The predicted octanol–water partition coefficient (Wildman–Crippen LogP) is 0.544. The van der Waals surface area contributed by atoms with Crippen LogP contribution in [0.25, 0.3) is 0 Å². The molecule has 0 aromatic heterocycles. The van der Waals surface area contributed by atoms with Crippen molar-refractivity contribution in [3.63, 3.8) is 0 Å². The van der Waals surface area contributed by atoms with Crippen molar-refractivity contribution in [1.29, 1.82) is 0 Å². The Labute approximate surface area is 65.9 Å². The van der Waals surface area contributed by atoms with Gasteiger partial charge in [-0.15, -0.1) is 0 Å². The molecule has 1 aliphatic rings. The van der Waals surface area contributed by atoms with Gasteiger partial charge < -0.3 is 0 Å². The summed E-state index contributed by atoms with van der Waals surface area (Å²) in [6.07, 6.45) is 0. The maximum atomic E-state index is 4.36. The number of hydrogen-bond acceptors (Lipinski definition) is 4. The average molecular weight is 159 g/mol. The number of amidine groups is 1. The predicted molar refractivity (Wildman–Crippen MR) is 46.2 cm³/mol. The van der Waals surface area contributed by atoms with Gasteiger partial charge in [-0.05, 0) is 6.92 Å². The molecule has 58 valence electrons. The zero-order valence-electron chi connectivity index (χ0n) is 6.59. The molecule has 4 heteroatoms. The molecule has 0 aromatic rings. The van der Waals surface area contributed by atoms with Crippen LogP contribution in [0.15, 0.2) is 4.99 Å². The van der Waals surface area contributed by atoms with Crippen LogP contribution in [0, 0.1) is 0 Å². The first-order valence-corrected chi connectivity index (χ1v) is 4.31. The van der Waals surface area contributed by atoms with Crippen LogP contribution in [0.5, 0.6) is 0 Å². The van der Waals surface area contributed by atoms with E-state index in [4.69, 9.17) is 0 Å². The third-order valence-electron chi connectivity index (χ3n) is 1.12. The number of aliphatic imine (C=N–C) groups is 1. The van der Waals surface area contributed by atoms with E-state index >= 15 is 0 Å². The van der Waals surface area contributed by atoms with Crippen molar-refractivity contribution >= 4 is 16.9 Å². The van der Waals surface area contributed by atoms with Crippen molar-refractivity contribution in [2.75, 3.05) is 19.8 Å². The fourth-order valence-electron chi connectivity index (χ4n) is 0.727. The molecule has 1 atom stereocenters. The number of nitrogens with zero attached hydrogens (tertiary/aromatic N) is 2. The molecule has 1 aliphatic heterocycles. The highest BCUT2D eigenvalue weighted by Crippen LogP contribution is 2.15. The van der Waals surface area contributed by atoms with Crippen molar-refractivity contribution in [3.05, 3.63) is 0 Å². The van der Waals surface area contributed by atoms with E-state index in [9.17, 15) is 0 Å². The third kappa shape index (κ3) is 2.19. The monoisotopic (exact) mass is 159 g/mol. The van der Waals surface area contributed by atoms with E-state index in [1.54, 1.807) is 11.8 Å². The van der Waals surface area contributed by atoms with Crippen molar-refractivity contribution in [2.45, 2.75) is 13.0 Å². The Hall–Kier alpha value is -0.220. The Bertz CT molecular complexity index is 144. The molecular weight excluding hydrogens is 146 g/mol. The Morgan fingerprint density at radius 3 is 2.80 bits per heavy atom. The first-order chi connectivity index (χ1) is 4.68. The summed E-state index contributed by atoms with van der Waals surface area (Å²) in [5, 5.41) is 2.95. The number of hydrazine groups is 1. The minimum Gasteiger partial charge on any atom is -0.298 e. The Balaban J connectivity index is 2.35. The van der Waals surface area contributed by atoms with Gasteiger partial charge in [-0.2, -0.15) is 0 Å². The van der Waals surface area contributed by atoms with Crippen LogP contribution in [0.3, 0.4) is 0 Å². The fourth-order valence-corrected chi connectivity index (χ4v) is 1.70. The Morgan fingerprint density at radius 1 is 1.70 bits per heavy atom. The summed E-state index contributed by atoms with van der Waals surface area (Å²) >= 11 is 1.78. The van der Waals surface area contributed by atoms with Gasteiger partial charge in [0, 0.05) is 19.8 Å². The van der Waals surface area contributed by atoms with Gasteiger partial charge in [0.15, 0.2) is 5.17 Å². The quantitative estimate of drug-likeness (QED) is 0.566. The van der Waals surface area contributed by atoms with Crippen molar-refractivity contribution in [2.24, 2.45) is 4.99 Å². The molecule has 1 unspecified atom stereocenters. The van der Waals surface area contributed by atoms with E-state index in [-0.39, 0.29) is 0 Å². The summed E-state index contributed by atoms with van der Waals surface area (Å²) in [4.78, 5) is 4.36. The van der Waals surface area contributed by atoms with Crippen LogP contribution >= 0.6 is 11.8 Å². The van der Waals surface area contributed by atoms with E-state index in [1.165, 1.54) is 0 Å². The van der Waals surface area contributed by atoms with E-state index in [2.05, 4.69) is 17.3 Å². The smallest absolute Gasteiger partial charge is 0.171 e. The molecule has 0 saturated heterocycles. The van der Waals surface area contributed by atoms with Gasteiger partial charge in [-0.3, -0.25) is 10.4 Å². The second kappa shape index (κ2) is 3.25. The molecule has 10 heavy (non-hydrogen) atoms. The summed E-state index contributed by atoms with van der Waals surface area (Å²) < 4.78 is 0. The second-order valence-corrected chi connectivity index (χ2v) is 3.61. The van der Waals surface area contributed by atoms with E-state index in [1.807, 2.05) is 19.1 Å². The fraction of sp³-hybridized carbons (Fsp3) is 0.833. The maximum absolute atomic E-state index is 4.36. The molecule has 1 heterocycles. The van der Waals surface area contributed by atoms with Gasteiger partial charge in [-0.1, -0.05) is 11.8 Å². The molecule has 1 rings (SSSR count). The highest BCUT2D eigenvalue weighted by molar-refractivity contribution is 8.14. The van der Waals surface area contributed by atoms with Crippen molar-refractivity contribution in [1.82, 2.24) is 10.4 Å². The number of rotatable bonds is 1. The third-order valence-corrected chi connectivity index (χ3v) is 2.24. The van der Waals surface area contributed by atoms with Gasteiger partial charge in [0.25, 0.3) is 0 Å². The average Bonchev–Trinajstić information content (AvgIpc) is 2.13. The molecule has 0 fully saturated rings. The molecule has 0 aromatic carbocycles. The normalized spacial score (nSPS) is 25.2. The Kier molecular flexibility index (Phi) is 2.56. The topological polar surface area (TPSA) is 27.6 Å². The largest absolute Gasteiger partial charge is 0.298 e. The first-order valence-electron chi connectivity index (χ1n) is 3.33. The summed E-state index contributed by atoms with van der Waals surface area (Å²) in [5.41, 5.74) is 3.12. The lowest BCUT2D eigenvalue weighted by atomic mass is 10.4. The molecule has 0 saturated carbocycles. The van der Waals surface area contributed by atoms with Gasteiger partial charge >= 0.3 is 0 Å². The molecule has 0 bridgehead atoms. The van der Waals surface area contributed by atoms with Crippen molar-refractivity contribution in [3.8, 4) is 0 Å². The standard InChI is InChI=1S/C6H13N3S/c1-5-4-10-6(7-5)8-9(2)3/h5H,4H2,1-3H3,(H,7,8). The minimum absolute atomic E-state index is 0.479. The summed E-state index contributed by atoms with van der Waals surface area (Å²) in [6, 6.07) is 0.479. The van der Waals surface area contributed by atoms with Gasteiger partial charge in [0.2, 0.25) is 0 Å². The zero-order chi connectivity index (χ0) is 7.56. The molecule has 0 amide bonds. The maximum Gasteiger partial charge on any atom is 0.171 e. The van der Waals surface area contributed by atoms with Gasteiger partial charge in [0.05, 0.1) is 6.04 Å². The van der Waals surface area contributed by atoms with Crippen molar-refractivity contribution < 1.29 is 0 Å². The molecule has 3 nitrogen and oxygen atoms in total. The molecular formula is C6H13N3S. The SMILES string of the molecule is CC1CSC(NN(C)C)=N1. The van der Waals surface area contributed by atoms with Gasteiger partial charge in [0.1, 0.15) is 0 Å². The van der Waals surface area contributed by atoms with E-state index in [0.717, 1.165) is 10.9 Å². The lowest BCUT2D eigenvalue weighted by Gasteiger charge is -2.11. The van der Waals surface area contributed by atoms with Crippen LogP contribution in [0.2, 0.25) is 0 Å². The lowest BCUT2D eigenvalue weighted by Crippen LogP contribution is -2.33. The van der Waals surface area contributed by atoms with Crippen LogP contribution in [-0.4, -0.2) is 36.1 Å². The van der Waals surface area contributed by atoms with Crippen LogP contribution in [-0.2, 0) is 0 Å². The lowest BCUT2D eigenvalue weighted by molar-refractivity contribution is 0.365. The number of hydrogen-bond donors (Lipinski definition) is 1. The molecule has 0 radical (unpaired) electrons. The number of nitrogens with one attached hydrogen (secondary N) is 1. The second-order valence-electron chi connectivity index (χ2n) is 2.60. The van der Waals surface area contributed by atoms with E-state index in [0.29, 0.717) is 6.04 Å². The van der Waals surface area contributed by atoms with Crippen LogP contribution in [0.1, 0.15) is 6.92 Å². The highest BCUT2D eigenvalue weighted by Gasteiger charge is 2.13. The summed E-state index contributed by atoms with van der Waals surface area (Å²) in [5.74, 6) is 1.11. The van der Waals surface area contributed by atoms with E-state index < -0.39 is 0 Å². The molecule has 1 N–H and O–H groups in total. The highest BCUT2D eigenvalue weighted by atomic mass is 32.2. The van der Waals surface area contributed by atoms with Gasteiger partial charge in [-0.25, -0.2) is 5.01 Å². The molecule has 0 spiro atoms. The minimum atomic E-state index is 0.479.